The fraction of sp³-hybridized carbons (Fsp3) is 0.455. The Morgan fingerprint density at radius 2 is 2.21 bits per heavy atom. The van der Waals surface area contributed by atoms with Crippen LogP contribution < -0.4 is 5.32 Å². The molecule has 2 rings (SSSR count). The molecule has 0 amide bonds. The first-order chi connectivity index (χ1) is 8.83. The minimum atomic E-state index is -0.501. The number of hydrogen-bond acceptors (Lipinski definition) is 6. The van der Waals surface area contributed by atoms with E-state index in [1.807, 2.05) is 19.2 Å². The van der Waals surface area contributed by atoms with Crippen LogP contribution in [-0.2, 0) is 12.6 Å². The van der Waals surface area contributed by atoms with Crippen LogP contribution in [0.1, 0.15) is 24.7 Å². The summed E-state index contributed by atoms with van der Waals surface area (Å²) < 4.78 is 1.67. The Bertz CT molecular complexity index is 603. The van der Waals surface area contributed by atoms with Gasteiger partial charge in [0.15, 0.2) is 0 Å². The van der Waals surface area contributed by atoms with Crippen molar-refractivity contribution < 1.29 is 4.92 Å². The summed E-state index contributed by atoms with van der Waals surface area (Å²) in [6, 6.07) is 0. The van der Waals surface area contributed by atoms with E-state index in [1.54, 1.807) is 24.7 Å². The van der Waals surface area contributed by atoms with Crippen LogP contribution in [0.2, 0.25) is 0 Å². The van der Waals surface area contributed by atoms with E-state index in [9.17, 15) is 10.1 Å². The van der Waals surface area contributed by atoms with E-state index in [1.165, 1.54) is 11.3 Å². The van der Waals surface area contributed by atoms with E-state index in [-0.39, 0.29) is 5.82 Å². The van der Waals surface area contributed by atoms with E-state index in [0.29, 0.717) is 11.6 Å². The van der Waals surface area contributed by atoms with Crippen LogP contribution in [0.25, 0.3) is 0 Å². The molecule has 0 unspecified atom stereocenters. The molecule has 2 aromatic heterocycles. The molecule has 0 aliphatic heterocycles. The zero-order chi connectivity index (χ0) is 14.2. The Labute approximate surface area is 114 Å². The third kappa shape index (κ3) is 2.43. The van der Waals surface area contributed by atoms with Crippen molar-refractivity contribution in [1.82, 2.24) is 14.5 Å². The molecule has 2 aromatic rings. The Kier molecular flexibility index (Phi) is 3.27. The molecule has 0 bridgehead atoms. The molecule has 0 atom stereocenters. The summed E-state index contributed by atoms with van der Waals surface area (Å²) in [5.74, 6) is 0.816. The van der Waals surface area contributed by atoms with Crippen LogP contribution in [0.4, 0.5) is 11.6 Å². The molecule has 102 valence electrons. The molecular formula is C11H15N5O2S. The van der Waals surface area contributed by atoms with Crippen molar-refractivity contribution in [3.05, 3.63) is 32.5 Å². The third-order valence-corrected chi connectivity index (χ3v) is 3.97. The molecule has 1 N–H and O–H groups in total. The number of nitro groups is 1. The maximum atomic E-state index is 11.0. The van der Waals surface area contributed by atoms with Crippen molar-refractivity contribution >= 4 is 23.0 Å². The minimum Gasteiger partial charge on any atom is -0.358 e. The van der Waals surface area contributed by atoms with Gasteiger partial charge >= 0.3 is 5.82 Å². The Morgan fingerprint density at radius 1 is 1.53 bits per heavy atom. The summed E-state index contributed by atoms with van der Waals surface area (Å²) in [7, 11) is 1.75. The molecule has 19 heavy (non-hydrogen) atoms. The molecule has 0 aliphatic carbocycles. The van der Waals surface area contributed by atoms with Gasteiger partial charge in [0.2, 0.25) is 11.6 Å². The zero-order valence-corrected chi connectivity index (χ0v) is 12.0. The van der Waals surface area contributed by atoms with Crippen LogP contribution in [0.15, 0.2) is 11.6 Å². The summed E-state index contributed by atoms with van der Waals surface area (Å²) in [6.07, 6.45) is 1.71. The molecule has 0 aliphatic rings. The highest BCUT2D eigenvalue weighted by molar-refractivity contribution is 7.09. The van der Waals surface area contributed by atoms with Gasteiger partial charge in [0.1, 0.15) is 5.01 Å². The maximum Gasteiger partial charge on any atom is 0.406 e. The van der Waals surface area contributed by atoms with Gasteiger partial charge in [-0.25, -0.2) is 4.98 Å². The van der Waals surface area contributed by atoms with E-state index in [0.717, 1.165) is 5.01 Å². The molecule has 8 heteroatoms. The van der Waals surface area contributed by atoms with Gasteiger partial charge in [0, 0.05) is 25.5 Å². The molecule has 0 saturated heterocycles. The van der Waals surface area contributed by atoms with Crippen molar-refractivity contribution in [3.8, 4) is 0 Å². The second-order valence-electron chi connectivity index (χ2n) is 4.73. The Hall–Kier alpha value is -1.96. The number of hydrogen-bond donors (Lipinski definition) is 1. The van der Waals surface area contributed by atoms with Crippen LogP contribution in [0.3, 0.4) is 0 Å². The second kappa shape index (κ2) is 4.61. The van der Waals surface area contributed by atoms with E-state index < -0.39 is 10.5 Å². The van der Waals surface area contributed by atoms with Crippen LogP contribution in [-0.4, -0.2) is 19.5 Å². The van der Waals surface area contributed by atoms with Gasteiger partial charge < -0.3 is 15.4 Å². The second-order valence-corrected chi connectivity index (χ2v) is 5.63. The number of nitrogens with one attached hydrogen (secondary N) is 1. The average Bonchev–Trinajstić information content (AvgIpc) is 2.93. The number of thiazole rings is 1. The fourth-order valence-corrected chi connectivity index (χ4v) is 2.46. The third-order valence-electron chi connectivity index (χ3n) is 2.87. The van der Waals surface area contributed by atoms with Crippen LogP contribution in [0.5, 0.6) is 0 Å². The lowest BCUT2D eigenvalue weighted by Crippen LogP contribution is -2.29. The summed E-state index contributed by atoms with van der Waals surface area (Å²) >= 11 is 1.50. The lowest BCUT2D eigenvalue weighted by molar-refractivity contribution is -0.388. The highest BCUT2D eigenvalue weighted by Gasteiger charge is 2.31. The molecule has 0 spiro atoms. The first-order valence-corrected chi connectivity index (χ1v) is 6.57. The van der Waals surface area contributed by atoms with Gasteiger partial charge in [0.25, 0.3) is 0 Å². The fourth-order valence-electron chi connectivity index (χ4n) is 1.74. The number of aryl methyl sites for hydroxylation is 1. The number of nitrogens with zero attached hydrogens (tertiary/aromatic N) is 4. The summed E-state index contributed by atoms with van der Waals surface area (Å²) in [5, 5.41) is 16.9. The van der Waals surface area contributed by atoms with Crippen molar-refractivity contribution in [2.75, 3.05) is 5.32 Å². The highest BCUT2D eigenvalue weighted by Crippen LogP contribution is 2.32. The SMILES string of the molecule is Cc1nc([N+](=O)[O-])c(NC(C)(C)c2nccs2)n1C. The maximum absolute atomic E-state index is 11.0. The normalized spacial score (nSPS) is 11.6. The summed E-state index contributed by atoms with van der Waals surface area (Å²) in [6.45, 7) is 5.59. The van der Waals surface area contributed by atoms with Crippen molar-refractivity contribution in [2.24, 2.45) is 7.05 Å². The Morgan fingerprint density at radius 3 is 2.74 bits per heavy atom. The van der Waals surface area contributed by atoms with Gasteiger partial charge in [-0.15, -0.1) is 11.3 Å². The van der Waals surface area contributed by atoms with Crippen molar-refractivity contribution in [3.63, 3.8) is 0 Å². The topological polar surface area (TPSA) is 85.9 Å². The standard InChI is InChI=1S/C11H15N5O2S/c1-7-13-8(16(17)18)9(15(7)4)14-11(2,3)10-12-5-6-19-10/h5-6,14H,1-4H3. The molecule has 0 aromatic carbocycles. The van der Waals surface area contributed by atoms with Gasteiger partial charge in [-0.3, -0.25) is 4.57 Å². The molecule has 0 saturated carbocycles. The number of aromatic nitrogens is 3. The van der Waals surface area contributed by atoms with E-state index >= 15 is 0 Å². The Balaban J connectivity index is 2.41. The first kappa shape index (κ1) is 13.5. The smallest absolute Gasteiger partial charge is 0.358 e. The predicted octanol–water partition coefficient (Wildman–Crippen LogP) is 2.44. The summed E-state index contributed by atoms with van der Waals surface area (Å²) in [5.41, 5.74) is -0.501. The van der Waals surface area contributed by atoms with E-state index in [4.69, 9.17) is 0 Å². The van der Waals surface area contributed by atoms with Gasteiger partial charge in [-0.05, 0) is 23.8 Å². The lowest BCUT2D eigenvalue weighted by atomic mass is 10.1. The average molecular weight is 281 g/mol. The molecular weight excluding hydrogens is 266 g/mol. The number of anilines is 1. The largest absolute Gasteiger partial charge is 0.406 e. The van der Waals surface area contributed by atoms with Crippen LogP contribution in [0, 0.1) is 17.0 Å². The monoisotopic (exact) mass is 281 g/mol. The van der Waals surface area contributed by atoms with Gasteiger partial charge in [-0.1, -0.05) is 0 Å². The molecule has 7 nitrogen and oxygen atoms in total. The minimum absolute atomic E-state index is 0.162. The van der Waals surface area contributed by atoms with E-state index in [2.05, 4.69) is 15.3 Å². The van der Waals surface area contributed by atoms with Gasteiger partial charge in [0.05, 0.1) is 5.54 Å². The highest BCUT2D eigenvalue weighted by atomic mass is 32.1. The van der Waals surface area contributed by atoms with Crippen molar-refractivity contribution in [1.29, 1.82) is 0 Å². The predicted molar refractivity (Wildman–Crippen MR) is 73.4 cm³/mol. The summed E-state index contributed by atoms with van der Waals surface area (Å²) in [4.78, 5) is 18.8. The van der Waals surface area contributed by atoms with Gasteiger partial charge in [-0.2, -0.15) is 0 Å². The molecule has 0 fully saturated rings. The number of rotatable bonds is 4. The number of imidazole rings is 1. The molecule has 0 radical (unpaired) electrons. The van der Waals surface area contributed by atoms with Crippen molar-refractivity contribution in [2.45, 2.75) is 26.3 Å². The first-order valence-electron chi connectivity index (χ1n) is 5.69. The quantitative estimate of drug-likeness (QED) is 0.687. The zero-order valence-electron chi connectivity index (χ0n) is 11.2. The molecule has 2 heterocycles. The van der Waals surface area contributed by atoms with Crippen LogP contribution >= 0.6 is 11.3 Å². The lowest BCUT2D eigenvalue weighted by Gasteiger charge is -2.24.